The van der Waals surface area contributed by atoms with Crippen LogP contribution in [0.3, 0.4) is 0 Å². The van der Waals surface area contributed by atoms with E-state index in [1.807, 2.05) is 31.2 Å². The van der Waals surface area contributed by atoms with Gasteiger partial charge in [-0.15, -0.1) is 10.2 Å². The molecular formula is C13H12N4OS. The van der Waals surface area contributed by atoms with Crippen LogP contribution in [0.5, 0.6) is 5.88 Å². The van der Waals surface area contributed by atoms with Crippen LogP contribution in [0, 0.1) is 4.77 Å². The van der Waals surface area contributed by atoms with Crippen LogP contribution in [-0.2, 0) is 6.54 Å². The van der Waals surface area contributed by atoms with Gasteiger partial charge in [-0.2, -0.15) is 0 Å². The highest BCUT2D eigenvalue weighted by Gasteiger charge is 2.15. The summed E-state index contributed by atoms with van der Waals surface area (Å²) in [4.78, 5) is 2.97. The fourth-order valence-corrected chi connectivity index (χ4v) is 2.38. The van der Waals surface area contributed by atoms with E-state index in [0.29, 0.717) is 22.7 Å². The van der Waals surface area contributed by atoms with Gasteiger partial charge in [0.2, 0.25) is 5.88 Å². The molecule has 0 fully saturated rings. The van der Waals surface area contributed by atoms with E-state index < -0.39 is 0 Å². The molecule has 2 heterocycles. The Bertz CT molecular complexity index is 754. The Morgan fingerprint density at radius 2 is 2.16 bits per heavy atom. The zero-order chi connectivity index (χ0) is 13.4. The van der Waals surface area contributed by atoms with Crippen LogP contribution in [0.25, 0.3) is 11.8 Å². The first-order chi connectivity index (χ1) is 9.20. The summed E-state index contributed by atoms with van der Waals surface area (Å²) in [5.74, 6) is 0.125. The number of aromatic amines is 1. The Balaban J connectivity index is 2.10. The normalized spacial score (nSPS) is 15.1. The molecule has 2 aromatic rings. The minimum atomic E-state index is 0.125. The number of hydrogen-bond acceptors (Lipinski definition) is 4. The van der Waals surface area contributed by atoms with Crippen molar-refractivity contribution in [3.05, 3.63) is 40.3 Å². The number of H-pyrrole nitrogens is 1. The van der Waals surface area contributed by atoms with E-state index in [2.05, 4.69) is 15.2 Å². The van der Waals surface area contributed by atoms with Crippen LogP contribution in [0.15, 0.2) is 34.5 Å². The Kier molecular flexibility index (Phi) is 2.79. The number of rotatable bonds is 2. The van der Waals surface area contributed by atoms with Crippen LogP contribution in [0.1, 0.15) is 18.2 Å². The Hall–Kier alpha value is -2.21. The third kappa shape index (κ3) is 1.90. The lowest BCUT2D eigenvalue weighted by molar-refractivity contribution is 0.419. The fraction of sp³-hybridized carbons (Fsp3) is 0.154. The fourth-order valence-electron chi connectivity index (χ4n) is 2.06. The van der Waals surface area contributed by atoms with Gasteiger partial charge in [0.05, 0.1) is 11.4 Å². The van der Waals surface area contributed by atoms with Crippen LogP contribution in [0.4, 0.5) is 5.69 Å². The van der Waals surface area contributed by atoms with Crippen LogP contribution >= 0.6 is 12.2 Å². The molecule has 0 saturated carbocycles. The Labute approximate surface area is 114 Å². The maximum Gasteiger partial charge on any atom is 0.217 e. The van der Waals surface area contributed by atoms with Crippen molar-refractivity contribution in [1.29, 1.82) is 0 Å². The largest absolute Gasteiger partial charge is 0.493 e. The monoisotopic (exact) mass is 272 g/mol. The summed E-state index contributed by atoms with van der Waals surface area (Å²) in [5.41, 5.74) is 3.05. The van der Waals surface area contributed by atoms with E-state index in [-0.39, 0.29) is 5.88 Å². The number of nitrogens with one attached hydrogen (secondary N) is 1. The molecule has 1 aromatic carbocycles. The standard InChI is InChI=1S/C13H12N4OS/c1-2-17-12(18)11(14-13(17)19)7-10-8-5-3-4-6-9(8)15-16-10/h3-7,18H,2H2,1H3,(H,14,19)/b10-7-. The van der Waals surface area contributed by atoms with Crippen molar-refractivity contribution < 1.29 is 5.11 Å². The van der Waals surface area contributed by atoms with Crippen molar-refractivity contribution >= 4 is 29.7 Å². The van der Waals surface area contributed by atoms with Crippen molar-refractivity contribution in [2.75, 3.05) is 0 Å². The van der Waals surface area contributed by atoms with Gasteiger partial charge in [0.1, 0.15) is 5.69 Å². The second-order valence-corrected chi connectivity index (χ2v) is 4.55. The highest BCUT2D eigenvalue weighted by molar-refractivity contribution is 7.71. The second kappa shape index (κ2) is 4.47. The molecule has 1 aliphatic rings. The molecule has 0 saturated heterocycles. The molecule has 0 amide bonds. The van der Waals surface area contributed by atoms with Gasteiger partial charge in [0.25, 0.3) is 0 Å². The average molecular weight is 272 g/mol. The number of hydrogen-bond donors (Lipinski definition) is 2. The van der Waals surface area contributed by atoms with Crippen molar-refractivity contribution in [2.24, 2.45) is 10.2 Å². The van der Waals surface area contributed by atoms with Gasteiger partial charge in [0.15, 0.2) is 4.77 Å². The lowest BCUT2D eigenvalue weighted by Crippen LogP contribution is -1.92. The molecule has 0 bridgehead atoms. The van der Waals surface area contributed by atoms with Gasteiger partial charge in [-0.3, -0.25) is 4.57 Å². The lowest BCUT2D eigenvalue weighted by atomic mass is 10.1. The SMILES string of the molecule is CCn1c(O)c(/C=C2\N=Nc3ccccc32)[nH]c1=S. The van der Waals surface area contributed by atoms with Crippen molar-refractivity contribution in [2.45, 2.75) is 13.5 Å². The predicted octanol–water partition coefficient (Wildman–Crippen LogP) is 3.87. The van der Waals surface area contributed by atoms with Crippen LogP contribution in [-0.4, -0.2) is 14.7 Å². The molecule has 0 radical (unpaired) electrons. The van der Waals surface area contributed by atoms with Crippen molar-refractivity contribution in [1.82, 2.24) is 9.55 Å². The number of nitrogens with zero attached hydrogens (tertiary/aromatic N) is 3. The zero-order valence-corrected chi connectivity index (χ0v) is 11.1. The average Bonchev–Trinajstić information content (AvgIpc) is 2.93. The van der Waals surface area contributed by atoms with Crippen molar-refractivity contribution in [3.8, 4) is 5.88 Å². The molecule has 19 heavy (non-hydrogen) atoms. The minimum absolute atomic E-state index is 0.125. The third-order valence-electron chi connectivity index (χ3n) is 3.03. The first-order valence-electron chi connectivity index (χ1n) is 5.95. The summed E-state index contributed by atoms with van der Waals surface area (Å²) >= 11 is 5.14. The number of aromatic hydroxyl groups is 1. The summed E-state index contributed by atoms with van der Waals surface area (Å²) in [7, 11) is 0. The summed E-state index contributed by atoms with van der Waals surface area (Å²) in [6.45, 7) is 2.54. The topological polar surface area (TPSA) is 65.7 Å². The van der Waals surface area contributed by atoms with Gasteiger partial charge in [-0.25, -0.2) is 0 Å². The summed E-state index contributed by atoms with van der Waals surface area (Å²) < 4.78 is 2.12. The maximum atomic E-state index is 10.1. The van der Waals surface area contributed by atoms with E-state index in [1.54, 1.807) is 10.6 Å². The van der Waals surface area contributed by atoms with E-state index in [1.165, 1.54) is 0 Å². The van der Waals surface area contributed by atoms with E-state index in [0.717, 1.165) is 11.3 Å². The van der Waals surface area contributed by atoms with Crippen molar-refractivity contribution in [3.63, 3.8) is 0 Å². The first kappa shape index (κ1) is 11.9. The lowest BCUT2D eigenvalue weighted by Gasteiger charge is -1.99. The minimum Gasteiger partial charge on any atom is -0.493 e. The molecule has 0 unspecified atom stereocenters. The molecule has 0 aliphatic carbocycles. The van der Waals surface area contributed by atoms with Crippen LogP contribution in [0.2, 0.25) is 0 Å². The number of benzene rings is 1. The molecule has 96 valence electrons. The highest BCUT2D eigenvalue weighted by atomic mass is 32.1. The molecule has 5 nitrogen and oxygen atoms in total. The quantitative estimate of drug-likeness (QED) is 0.815. The molecule has 0 atom stereocenters. The molecular weight excluding hydrogens is 260 g/mol. The summed E-state index contributed by atoms with van der Waals surface area (Å²) in [6.07, 6.45) is 1.76. The summed E-state index contributed by atoms with van der Waals surface area (Å²) in [6, 6.07) is 7.70. The summed E-state index contributed by atoms with van der Waals surface area (Å²) in [5, 5.41) is 18.3. The number of imidazole rings is 1. The molecule has 1 aliphatic heterocycles. The van der Waals surface area contributed by atoms with Crippen LogP contribution < -0.4 is 0 Å². The molecule has 6 heteroatoms. The maximum absolute atomic E-state index is 10.1. The first-order valence-corrected chi connectivity index (χ1v) is 6.36. The van der Waals surface area contributed by atoms with Gasteiger partial charge in [-0.1, -0.05) is 18.2 Å². The van der Waals surface area contributed by atoms with E-state index in [9.17, 15) is 5.11 Å². The van der Waals surface area contributed by atoms with Gasteiger partial charge in [0, 0.05) is 12.1 Å². The molecule has 0 spiro atoms. The number of aromatic nitrogens is 2. The number of fused-ring (bicyclic) bond motifs is 1. The molecule has 1 aromatic heterocycles. The highest BCUT2D eigenvalue weighted by Crippen LogP contribution is 2.36. The molecule has 3 rings (SSSR count). The van der Waals surface area contributed by atoms with E-state index in [4.69, 9.17) is 12.2 Å². The zero-order valence-electron chi connectivity index (χ0n) is 10.3. The third-order valence-corrected chi connectivity index (χ3v) is 3.35. The smallest absolute Gasteiger partial charge is 0.217 e. The van der Waals surface area contributed by atoms with Gasteiger partial charge < -0.3 is 10.1 Å². The van der Waals surface area contributed by atoms with E-state index >= 15 is 0 Å². The second-order valence-electron chi connectivity index (χ2n) is 4.16. The van der Waals surface area contributed by atoms with Gasteiger partial charge >= 0.3 is 0 Å². The predicted molar refractivity (Wildman–Crippen MR) is 75.8 cm³/mol. The number of azo groups is 1. The molecule has 2 N–H and O–H groups in total. The Morgan fingerprint density at radius 1 is 1.37 bits per heavy atom. The van der Waals surface area contributed by atoms with Gasteiger partial charge in [-0.05, 0) is 31.3 Å². The Morgan fingerprint density at radius 3 is 2.89 bits per heavy atom.